The van der Waals surface area contributed by atoms with Crippen LogP contribution in [-0.2, 0) is 17.6 Å². The third-order valence-corrected chi connectivity index (χ3v) is 3.76. The van der Waals surface area contributed by atoms with Gasteiger partial charge in [0.25, 0.3) is 0 Å². The van der Waals surface area contributed by atoms with Crippen LogP contribution in [0.5, 0.6) is 0 Å². The Hall–Kier alpha value is -2.50. The van der Waals surface area contributed by atoms with Crippen molar-refractivity contribution in [3.8, 4) is 0 Å². The summed E-state index contributed by atoms with van der Waals surface area (Å²) in [6, 6.07) is 0.115. The number of hydrogen-bond acceptors (Lipinski definition) is 5. The molecular formula is C18H27N5O. The summed E-state index contributed by atoms with van der Waals surface area (Å²) < 4.78 is 0. The van der Waals surface area contributed by atoms with Crippen LogP contribution >= 0.6 is 0 Å². The summed E-state index contributed by atoms with van der Waals surface area (Å²) in [5.74, 6) is 1.30. The van der Waals surface area contributed by atoms with Crippen LogP contribution in [0.1, 0.15) is 38.8 Å². The fourth-order valence-corrected chi connectivity index (χ4v) is 2.80. The van der Waals surface area contributed by atoms with Gasteiger partial charge in [-0.25, -0.2) is 9.97 Å². The molecule has 0 fully saturated rings. The molecule has 1 aromatic rings. The number of hydrogen-bond donors (Lipinski definition) is 1. The van der Waals surface area contributed by atoms with Gasteiger partial charge in [-0.2, -0.15) is 0 Å². The molecule has 0 radical (unpaired) electrons. The van der Waals surface area contributed by atoms with Crippen LogP contribution < -0.4 is 10.2 Å². The molecule has 0 atom stereocenters. The van der Waals surface area contributed by atoms with Gasteiger partial charge in [0.05, 0.1) is 6.54 Å². The van der Waals surface area contributed by atoms with Crippen molar-refractivity contribution in [1.29, 1.82) is 0 Å². The van der Waals surface area contributed by atoms with E-state index < -0.39 is 0 Å². The molecule has 0 saturated heterocycles. The molecule has 6 nitrogen and oxygen atoms in total. The number of amides is 1. The Labute approximate surface area is 144 Å². The van der Waals surface area contributed by atoms with Crippen molar-refractivity contribution >= 4 is 17.4 Å². The second kappa shape index (κ2) is 7.86. The number of aliphatic imine (C=N–C) groups is 1. The van der Waals surface area contributed by atoms with Crippen molar-refractivity contribution in [1.82, 2.24) is 15.3 Å². The summed E-state index contributed by atoms with van der Waals surface area (Å²) in [6.07, 6.45) is 5.97. The Balaban J connectivity index is 0.00000312. The predicted molar refractivity (Wildman–Crippen MR) is 99.7 cm³/mol. The van der Waals surface area contributed by atoms with E-state index in [0.29, 0.717) is 11.5 Å². The zero-order valence-corrected chi connectivity index (χ0v) is 14.7. The third kappa shape index (κ3) is 4.07. The van der Waals surface area contributed by atoms with Gasteiger partial charge < -0.3 is 10.2 Å². The minimum atomic E-state index is -0.0249. The second-order valence-corrected chi connectivity index (χ2v) is 6.13. The fraction of sp³-hybridized carbons (Fsp3) is 0.444. The molecule has 0 spiro atoms. The maximum Gasteiger partial charge on any atom is 0.239 e. The molecular weight excluding hydrogens is 302 g/mol. The summed E-state index contributed by atoms with van der Waals surface area (Å²) in [5.41, 5.74) is 2.74. The average molecular weight is 329 g/mol. The van der Waals surface area contributed by atoms with E-state index in [1.54, 1.807) is 6.08 Å². The van der Waals surface area contributed by atoms with Crippen LogP contribution in [0.3, 0.4) is 0 Å². The molecule has 0 unspecified atom stereocenters. The molecule has 6 heteroatoms. The average Bonchev–Trinajstić information content (AvgIpc) is 2.98. The molecule has 24 heavy (non-hydrogen) atoms. The number of aromatic nitrogens is 2. The molecule has 1 amide bonds. The molecule has 1 N–H and O–H groups in total. The summed E-state index contributed by atoms with van der Waals surface area (Å²) in [6.45, 7) is 11.5. The first kappa shape index (κ1) is 17.8. The number of anilines is 1. The van der Waals surface area contributed by atoms with Crippen LogP contribution in [0.2, 0.25) is 0 Å². The van der Waals surface area contributed by atoms with Gasteiger partial charge in [0.15, 0.2) is 5.82 Å². The van der Waals surface area contributed by atoms with Gasteiger partial charge in [0.1, 0.15) is 11.5 Å². The van der Waals surface area contributed by atoms with Gasteiger partial charge in [0.2, 0.25) is 5.91 Å². The second-order valence-electron chi connectivity index (χ2n) is 6.13. The largest absolute Gasteiger partial charge is 0.352 e. The maximum absolute atomic E-state index is 12.1. The number of allylic oxidation sites excluding steroid dienone is 1. The highest BCUT2D eigenvalue weighted by molar-refractivity contribution is 6.06. The van der Waals surface area contributed by atoms with Crippen molar-refractivity contribution in [3.63, 3.8) is 0 Å². The standard InChI is InChI=1S/C18H25N5O.H2/c1-6-14(19-7-2)17-21-15-10-8-9-13(15)18(22-17)23(5)11-16(24)20-12(3)4;/h6-7,12H,1-2,8-11H2,3-5H3,(H,20,24);1H. The number of nitrogens with zero attached hydrogens (tertiary/aromatic N) is 4. The molecule has 2 rings (SSSR count). The van der Waals surface area contributed by atoms with Crippen molar-refractivity contribution < 1.29 is 6.22 Å². The van der Waals surface area contributed by atoms with Gasteiger partial charge in [0, 0.05) is 32.0 Å². The van der Waals surface area contributed by atoms with Gasteiger partial charge >= 0.3 is 0 Å². The van der Waals surface area contributed by atoms with Crippen LogP contribution in [0.4, 0.5) is 5.82 Å². The zero-order chi connectivity index (χ0) is 17.7. The predicted octanol–water partition coefficient (Wildman–Crippen LogP) is 2.29. The molecule has 1 aliphatic carbocycles. The van der Waals surface area contributed by atoms with Crippen LogP contribution in [0.15, 0.2) is 30.4 Å². The zero-order valence-electron chi connectivity index (χ0n) is 14.7. The van der Waals surface area contributed by atoms with E-state index in [9.17, 15) is 4.79 Å². The van der Waals surface area contributed by atoms with E-state index in [4.69, 9.17) is 0 Å². The molecule has 1 aromatic heterocycles. The van der Waals surface area contributed by atoms with E-state index in [-0.39, 0.29) is 19.9 Å². The lowest BCUT2D eigenvalue weighted by Crippen LogP contribution is -2.39. The van der Waals surface area contributed by atoms with Gasteiger partial charge in [-0.15, -0.1) is 0 Å². The molecule has 1 aliphatic rings. The van der Waals surface area contributed by atoms with E-state index in [2.05, 4.69) is 33.4 Å². The normalized spacial score (nSPS) is 13.6. The minimum absolute atomic E-state index is 0. The van der Waals surface area contributed by atoms with Gasteiger partial charge in [-0.1, -0.05) is 13.2 Å². The van der Waals surface area contributed by atoms with E-state index in [1.165, 1.54) is 6.20 Å². The number of carbonyl (C=O) groups excluding carboxylic acids is 1. The van der Waals surface area contributed by atoms with Crippen LogP contribution in [0, 0.1) is 0 Å². The highest BCUT2D eigenvalue weighted by atomic mass is 16.2. The summed E-state index contributed by atoms with van der Waals surface area (Å²) in [5, 5.41) is 2.90. The smallest absolute Gasteiger partial charge is 0.239 e. The van der Waals surface area contributed by atoms with E-state index in [1.807, 2.05) is 25.8 Å². The summed E-state index contributed by atoms with van der Waals surface area (Å²) >= 11 is 0. The topological polar surface area (TPSA) is 70.5 Å². The van der Waals surface area contributed by atoms with Gasteiger partial charge in [-0.3, -0.25) is 9.79 Å². The van der Waals surface area contributed by atoms with Crippen molar-refractivity contribution in [2.45, 2.75) is 39.2 Å². The number of fused-ring (bicyclic) bond motifs is 1. The van der Waals surface area contributed by atoms with Crippen LogP contribution in [0.25, 0.3) is 0 Å². The first-order valence-corrected chi connectivity index (χ1v) is 8.18. The van der Waals surface area contributed by atoms with E-state index in [0.717, 1.165) is 36.3 Å². The molecule has 1 heterocycles. The third-order valence-electron chi connectivity index (χ3n) is 3.76. The van der Waals surface area contributed by atoms with Crippen LogP contribution in [-0.4, -0.2) is 41.2 Å². The number of likely N-dealkylation sites (N-methyl/N-ethyl adjacent to an activating group) is 1. The lowest BCUT2D eigenvalue weighted by atomic mass is 10.2. The molecule has 0 aliphatic heterocycles. The molecule has 0 bridgehead atoms. The van der Waals surface area contributed by atoms with Crippen molar-refractivity contribution in [2.24, 2.45) is 4.99 Å². The Morgan fingerprint density at radius 1 is 1.42 bits per heavy atom. The molecule has 0 saturated carbocycles. The minimum Gasteiger partial charge on any atom is -0.352 e. The number of nitrogens with one attached hydrogen (secondary N) is 1. The Bertz CT molecular complexity index is 684. The fourth-order valence-electron chi connectivity index (χ4n) is 2.80. The first-order chi connectivity index (χ1) is 11.5. The highest BCUT2D eigenvalue weighted by Crippen LogP contribution is 2.28. The van der Waals surface area contributed by atoms with Crippen molar-refractivity contribution in [3.05, 3.63) is 42.5 Å². The monoisotopic (exact) mass is 329 g/mol. The Morgan fingerprint density at radius 3 is 2.79 bits per heavy atom. The Morgan fingerprint density at radius 2 is 2.17 bits per heavy atom. The quantitative estimate of drug-likeness (QED) is 0.779. The van der Waals surface area contributed by atoms with E-state index >= 15 is 0 Å². The van der Waals surface area contributed by atoms with Gasteiger partial charge in [-0.05, 0) is 39.2 Å². The lowest BCUT2D eigenvalue weighted by Gasteiger charge is -2.22. The summed E-state index contributed by atoms with van der Waals surface area (Å²) in [4.78, 5) is 27.4. The van der Waals surface area contributed by atoms with Crippen molar-refractivity contribution in [2.75, 3.05) is 18.5 Å². The SMILES string of the molecule is C=CN=C(C=C)c1nc2c(c(N(C)CC(=O)NC(C)C)n1)CCC2.[HH]. The molecule has 130 valence electrons. The highest BCUT2D eigenvalue weighted by Gasteiger charge is 2.23. The Kier molecular flexibility index (Phi) is 5.84. The summed E-state index contributed by atoms with van der Waals surface area (Å²) in [7, 11) is 1.88. The number of rotatable bonds is 7. The maximum atomic E-state index is 12.1. The first-order valence-electron chi connectivity index (χ1n) is 8.18. The number of aryl methyl sites for hydroxylation is 1. The lowest BCUT2D eigenvalue weighted by molar-refractivity contribution is -0.120. The number of carbonyl (C=O) groups is 1. The molecule has 0 aromatic carbocycles.